The molecule has 0 aromatic heterocycles. The summed E-state index contributed by atoms with van der Waals surface area (Å²) in [4.78, 5) is 21.0. The summed E-state index contributed by atoms with van der Waals surface area (Å²) in [6.45, 7) is 0. The fourth-order valence-corrected chi connectivity index (χ4v) is 1.18. The molecule has 0 radical (unpaired) electrons. The molecule has 0 bridgehead atoms. The number of nitrogens with zero attached hydrogens (tertiary/aromatic N) is 2. The second kappa shape index (κ2) is 5.32. The fourth-order valence-electron chi connectivity index (χ4n) is 1.00. The first-order chi connectivity index (χ1) is 7.54. The van der Waals surface area contributed by atoms with E-state index in [1.807, 2.05) is 0 Å². The molecule has 0 unspecified atom stereocenters. The normalized spacial score (nSPS) is 9.62. The van der Waals surface area contributed by atoms with Crippen LogP contribution in [0, 0.1) is 10.1 Å². The Hall–Kier alpha value is -1.82. The predicted octanol–water partition coefficient (Wildman–Crippen LogP) is 1.62. The number of amides is 1. The van der Waals surface area contributed by atoms with Crippen molar-refractivity contribution in [1.29, 1.82) is 0 Å². The largest absolute Gasteiger partial charge is 0.296 e. The minimum Gasteiger partial charge on any atom is -0.296 e. The summed E-state index contributed by atoms with van der Waals surface area (Å²) in [7, 11) is 1.52. The van der Waals surface area contributed by atoms with Crippen LogP contribution in [-0.4, -0.2) is 28.8 Å². The van der Waals surface area contributed by atoms with E-state index in [2.05, 4.69) is 5.43 Å². The van der Waals surface area contributed by atoms with Gasteiger partial charge < -0.3 is 0 Å². The third kappa shape index (κ3) is 3.09. The first-order valence-corrected chi connectivity index (χ1v) is 4.91. The zero-order valence-electron chi connectivity index (χ0n) is 8.51. The van der Waals surface area contributed by atoms with Crippen molar-refractivity contribution in [3.63, 3.8) is 0 Å². The number of carbonyl (C=O) groups excluding carboxylic acids is 1. The molecule has 7 heteroatoms. The molecule has 0 heterocycles. The number of nitro benzene ring substituents is 1. The molecule has 0 saturated carbocycles. The maximum atomic E-state index is 11.1. The van der Waals surface area contributed by atoms with Crippen LogP contribution in [0.3, 0.4) is 0 Å². The van der Waals surface area contributed by atoms with Gasteiger partial charge in [-0.1, -0.05) is 0 Å². The number of hydrogen-bond acceptors (Lipinski definition) is 4. The van der Waals surface area contributed by atoms with Crippen LogP contribution >= 0.6 is 11.6 Å². The lowest BCUT2D eigenvalue weighted by Gasteiger charge is -2.18. The van der Waals surface area contributed by atoms with Crippen molar-refractivity contribution in [2.45, 2.75) is 0 Å². The molecule has 86 valence electrons. The highest BCUT2D eigenvalue weighted by Gasteiger charge is 2.08. The lowest BCUT2D eigenvalue weighted by atomic mass is 10.3. The number of halogens is 1. The van der Waals surface area contributed by atoms with Crippen LogP contribution in [0.2, 0.25) is 0 Å². The molecule has 1 aromatic rings. The van der Waals surface area contributed by atoms with Crippen LogP contribution in [0.15, 0.2) is 24.3 Å². The number of hydrogen-bond donors (Lipinski definition) is 1. The monoisotopic (exact) mass is 243 g/mol. The van der Waals surface area contributed by atoms with Gasteiger partial charge >= 0.3 is 0 Å². The van der Waals surface area contributed by atoms with Crippen molar-refractivity contribution in [2.75, 3.05) is 18.4 Å². The van der Waals surface area contributed by atoms with Gasteiger partial charge in [0, 0.05) is 19.2 Å². The topological polar surface area (TPSA) is 75.5 Å². The average Bonchev–Trinajstić information content (AvgIpc) is 2.28. The Bertz CT molecular complexity index is 393. The third-order valence-corrected chi connectivity index (χ3v) is 2.09. The SMILES string of the molecule is CN(Nc1ccc([N+](=O)[O-])cc1)C(=O)CCl. The van der Waals surface area contributed by atoms with Gasteiger partial charge in [0.2, 0.25) is 0 Å². The summed E-state index contributed by atoms with van der Waals surface area (Å²) in [5, 5.41) is 11.6. The number of alkyl halides is 1. The number of rotatable bonds is 4. The van der Waals surface area contributed by atoms with Gasteiger partial charge in [0.05, 0.1) is 10.6 Å². The first-order valence-electron chi connectivity index (χ1n) is 4.38. The van der Waals surface area contributed by atoms with Gasteiger partial charge in [-0.3, -0.25) is 25.3 Å². The van der Waals surface area contributed by atoms with E-state index < -0.39 is 4.92 Å². The van der Waals surface area contributed by atoms with Gasteiger partial charge in [-0.05, 0) is 12.1 Å². The lowest BCUT2D eigenvalue weighted by molar-refractivity contribution is -0.384. The van der Waals surface area contributed by atoms with Crippen LogP contribution in [-0.2, 0) is 4.79 Å². The second-order valence-corrected chi connectivity index (χ2v) is 3.27. The van der Waals surface area contributed by atoms with E-state index in [1.165, 1.54) is 36.3 Å². The minimum absolute atomic E-state index is 0.00290. The molecule has 1 N–H and O–H groups in total. The molecule has 0 saturated heterocycles. The quantitative estimate of drug-likeness (QED) is 0.495. The van der Waals surface area contributed by atoms with E-state index in [4.69, 9.17) is 11.6 Å². The van der Waals surface area contributed by atoms with Crippen LogP contribution in [0.5, 0.6) is 0 Å². The predicted molar refractivity (Wildman–Crippen MR) is 60.2 cm³/mol. The zero-order chi connectivity index (χ0) is 12.1. The summed E-state index contributed by atoms with van der Waals surface area (Å²) < 4.78 is 0. The number of nitro groups is 1. The molecular weight excluding hydrogens is 234 g/mol. The van der Waals surface area contributed by atoms with Crippen molar-refractivity contribution in [3.8, 4) is 0 Å². The van der Waals surface area contributed by atoms with Crippen LogP contribution in [0.4, 0.5) is 11.4 Å². The number of non-ortho nitro benzene ring substituents is 1. The zero-order valence-corrected chi connectivity index (χ0v) is 9.27. The van der Waals surface area contributed by atoms with E-state index >= 15 is 0 Å². The summed E-state index contributed by atoms with van der Waals surface area (Å²) in [6.07, 6.45) is 0. The van der Waals surface area contributed by atoms with Crippen LogP contribution in [0.25, 0.3) is 0 Å². The maximum Gasteiger partial charge on any atom is 0.269 e. The summed E-state index contributed by atoms with van der Waals surface area (Å²) >= 11 is 5.36. The van der Waals surface area contributed by atoms with Gasteiger partial charge in [-0.15, -0.1) is 11.6 Å². The standard InChI is InChI=1S/C9H10ClN3O3/c1-12(9(14)6-10)11-7-2-4-8(5-3-7)13(15)16/h2-5,11H,6H2,1H3. The molecule has 0 atom stereocenters. The molecule has 0 fully saturated rings. The first kappa shape index (κ1) is 12.3. The van der Waals surface area contributed by atoms with Crippen molar-refractivity contribution >= 4 is 28.9 Å². The number of anilines is 1. The van der Waals surface area contributed by atoms with Crippen molar-refractivity contribution < 1.29 is 9.72 Å². The van der Waals surface area contributed by atoms with E-state index in [1.54, 1.807) is 0 Å². The lowest BCUT2D eigenvalue weighted by Crippen LogP contribution is -2.33. The Morgan fingerprint density at radius 1 is 1.50 bits per heavy atom. The molecule has 0 aliphatic heterocycles. The van der Waals surface area contributed by atoms with Crippen molar-refractivity contribution in [1.82, 2.24) is 5.01 Å². The van der Waals surface area contributed by atoms with E-state index in [0.29, 0.717) is 5.69 Å². The van der Waals surface area contributed by atoms with Gasteiger partial charge in [0.15, 0.2) is 0 Å². The molecule has 6 nitrogen and oxygen atoms in total. The van der Waals surface area contributed by atoms with E-state index in [-0.39, 0.29) is 17.5 Å². The highest BCUT2D eigenvalue weighted by atomic mass is 35.5. The minimum atomic E-state index is -0.489. The van der Waals surface area contributed by atoms with Crippen LogP contribution in [0.1, 0.15) is 0 Å². The molecule has 16 heavy (non-hydrogen) atoms. The second-order valence-electron chi connectivity index (χ2n) is 3.00. The highest BCUT2D eigenvalue weighted by molar-refractivity contribution is 6.27. The van der Waals surface area contributed by atoms with Gasteiger partial charge in [0.25, 0.3) is 11.6 Å². The molecule has 1 rings (SSSR count). The Kier molecular flexibility index (Phi) is 4.07. The summed E-state index contributed by atoms with van der Waals surface area (Å²) in [6, 6.07) is 5.72. The Balaban J connectivity index is 2.68. The average molecular weight is 244 g/mol. The van der Waals surface area contributed by atoms with Gasteiger partial charge in [-0.2, -0.15) is 0 Å². The van der Waals surface area contributed by atoms with Crippen LogP contribution < -0.4 is 5.43 Å². The van der Waals surface area contributed by atoms with E-state index in [9.17, 15) is 14.9 Å². The maximum absolute atomic E-state index is 11.1. The Morgan fingerprint density at radius 3 is 2.50 bits per heavy atom. The summed E-state index contributed by atoms with van der Waals surface area (Å²) in [5.74, 6) is -0.420. The number of benzene rings is 1. The molecule has 1 amide bonds. The van der Waals surface area contributed by atoms with E-state index in [0.717, 1.165) is 0 Å². The fraction of sp³-hybridized carbons (Fsp3) is 0.222. The van der Waals surface area contributed by atoms with Gasteiger partial charge in [0.1, 0.15) is 5.88 Å². The number of carbonyl (C=O) groups is 1. The number of hydrazine groups is 1. The Morgan fingerprint density at radius 2 is 2.06 bits per heavy atom. The molecule has 0 aliphatic rings. The number of nitrogens with one attached hydrogen (secondary N) is 1. The molecular formula is C9H10ClN3O3. The van der Waals surface area contributed by atoms with Crippen molar-refractivity contribution in [2.24, 2.45) is 0 Å². The highest BCUT2D eigenvalue weighted by Crippen LogP contribution is 2.15. The van der Waals surface area contributed by atoms with Gasteiger partial charge in [-0.25, -0.2) is 0 Å². The third-order valence-electron chi connectivity index (χ3n) is 1.86. The molecule has 0 aliphatic carbocycles. The molecule has 1 aromatic carbocycles. The van der Waals surface area contributed by atoms with Crippen molar-refractivity contribution in [3.05, 3.63) is 34.4 Å². The molecule has 0 spiro atoms. The Labute approximate surface area is 96.9 Å². The summed E-state index contributed by atoms with van der Waals surface area (Å²) in [5.41, 5.74) is 3.31. The smallest absolute Gasteiger partial charge is 0.269 e.